The number of imide groups is 1. The largest absolute Gasteiger partial charge is 0.504 e. The van der Waals surface area contributed by atoms with Gasteiger partial charge in [0.1, 0.15) is 0 Å². The number of rotatable bonds is 6. The number of carbonyl (C=O) groups excluding carboxylic acids is 4. The van der Waals surface area contributed by atoms with E-state index in [9.17, 15) is 24.8 Å². The van der Waals surface area contributed by atoms with Crippen molar-refractivity contribution in [1.82, 2.24) is 0 Å². The molecule has 3 aliphatic carbocycles. The van der Waals surface area contributed by atoms with Gasteiger partial charge in [-0.15, -0.1) is 0 Å². The maximum Gasteiger partial charge on any atom is 0.271 e. The maximum absolute atomic E-state index is 15.2. The number of hydrogen-bond donors (Lipinski definition) is 1. The van der Waals surface area contributed by atoms with E-state index < -0.39 is 51.7 Å². The lowest BCUT2D eigenvalue weighted by Crippen LogP contribution is -2.58. The number of nitro groups is 1. The van der Waals surface area contributed by atoms with Crippen molar-refractivity contribution in [1.29, 1.82) is 0 Å². The van der Waals surface area contributed by atoms with Crippen LogP contribution in [0.25, 0.3) is 5.57 Å². The Bertz CT molecular complexity index is 2270. The summed E-state index contributed by atoms with van der Waals surface area (Å²) in [5.41, 5.74) is 0.707. The Balaban J connectivity index is 1.37. The van der Waals surface area contributed by atoms with E-state index in [-0.39, 0.29) is 52.9 Å². The lowest BCUT2D eigenvalue weighted by atomic mass is 9.44. The molecule has 0 aromatic heterocycles. The van der Waals surface area contributed by atoms with Crippen LogP contribution in [0.4, 0.5) is 11.4 Å². The third-order valence-electron chi connectivity index (χ3n) is 11.3. The molecule has 6 unspecified atom stereocenters. The predicted octanol–water partition coefficient (Wildman–Crippen LogP) is 7.10. The second-order valence-corrected chi connectivity index (χ2v) is 14.5. The zero-order valence-corrected chi connectivity index (χ0v) is 29.4. The third-order valence-corrected chi connectivity index (χ3v) is 11.7. The van der Waals surface area contributed by atoms with Crippen molar-refractivity contribution in [3.05, 3.63) is 146 Å². The first-order valence-electron chi connectivity index (χ1n) is 16.9. The van der Waals surface area contributed by atoms with E-state index in [0.29, 0.717) is 26.7 Å². The molecule has 52 heavy (non-hydrogen) atoms. The van der Waals surface area contributed by atoms with Gasteiger partial charge in [0.2, 0.25) is 11.8 Å². The molecular weight excluding hydrogens is 728 g/mol. The van der Waals surface area contributed by atoms with E-state index in [4.69, 9.17) is 4.74 Å². The molecule has 1 aliphatic heterocycles. The van der Waals surface area contributed by atoms with Gasteiger partial charge in [-0.05, 0) is 54.2 Å². The Morgan fingerprint density at radius 2 is 1.62 bits per heavy atom. The number of phenols is 1. The number of nitrogens with zero attached hydrogens (tertiary/aromatic N) is 2. The van der Waals surface area contributed by atoms with E-state index in [1.54, 1.807) is 48.5 Å². The molecule has 11 heteroatoms. The summed E-state index contributed by atoms with van der Waals surface area (Å²) in [6.07, 6.45) is 3.53. The van der Waals surface area contributed by atoms with Crippen molar-refractivity contribution in [3.63, 3.8) is 0 Å². The molecule has 1 N–H and O–H groups in total. The summed E-state index contributed by atoms with van der Waals surface area (Å²) < 4.78 is 6.13. The predicted molar refractivity (Wildman–Crippen MR) is 195 cm³/mol. The quantitative estimate of drug-likeness (QED) is 0.0950. The number of aromatic hydroxyl groups is 1. The lowest BCUT2D eigenvalue weighted by molar-refractivity contribution is -0.384. The van der Waals surface area contributed by atoms with Crippen LogP contribution in [-0.4, -0.2) is 40.5 Å². The Kier molecular flexibility index (Phi) is 8.06. The van der Waals surface area contributed by atoms with Gasteiger partial charge in [-0.1, -0.05) is 94.3 Å². The van der Waals surface area contributed by atoms with Crippen molar-refractivity contribution in [2.75, 3.05) is 12.0 Å². The van der Waals surface area contributed by atoms with Gasteiger partial charge in [0.05, 0.1) is 35.0 Å². The second kappa shape index (κ2) is 12.5. The highest BCUT2D eigenvalue weighted by Gasteiger charge is 2.66. The summed E-state index contributed by atoms with van der Waals surface area (Å²) in [5.74, 6) is -6.04. The summed E-state index contributed by atoms with van der Waals surface area (Å²) in [4.78, 5) is 71.0. The molecule has 260 valence electrons. The Labute approximate surface area is 306 Å². The first-order valence-corrected chi connectivity index (χ1v) is 17.7. The number of methoxy groups -OCH3 is 1. The Hall–Kier alpha value is -5.68. The number of non-ortho nitro benzene ring substituents is 1. The number of anilines is 1. The zero-order chi connectivity index (χ0) is 36.5. The number of nitro benzene ring substituents is 1. The van der Waals surface area contributed by atoms with Crippen molar-refractivity contribution in [2.24, 2.45) is 23.7 Å². The van der Waals surface area contributed by atoms with Crippen LogP contribution in [0.2, 0.25) is 0 Å². The van der Waals surface area contributed by atoms with E-state index in [1.807, 2.05) is 30.3 Å². The highest BCUT2D eigenvalue weighted by atomic mass is 79.9. The summed E-state index contributed by atoms with van der Waals surface area (Å²) >= 11 is 3.56. The van der Waals surface area contributed by atoms with Crippen molar-refractivity contribution < 1.29 is 33.9 Å². The molecule has 0 spiro atoms. The van der Waals surface area contributed by atoms with Gasteiger partial charge in [0.15, 0.2) is 23.1 Å². The van der Waals surface area contributed by atoms with E-state index >= 15 is 9.59 Å². The number of ether oxygens (including phenoxy) is 1. The van der Waals surface area contributed by atoms with Gasteiger partial charge in [0.25, 0.3) is 5.69 Å². The van der Waals surface area contributed by atoms with Crippen LogP contribution in [0.5, 0.6) is 11.5 Å². The van der Waals surface area contributed by atoms with Gasteiger partial charge in [0, 0.05) is 39.6 Å². The molecule has 10 nitrogen and oxygen atoms in total. The number of Topliss-reactive ketones (excluding diaryl/α,β-unsaturated/α-hetero) is 1. The normalized spacial score (nSPS) is 26.6. The zero-order valence-electron chi connectivity index (χ0n) is 27.8. The minimum Gasteiger partial charge on any atom is -0.504 e. The minimum atomic E-state index is -1.54. The number of allylic oxidation sites excluding steroid dienone is 4. The number of benzene rings is 4. The summed E-state index contributed by atoms with van der Waals surface area (Å²) in [6, 6.07) is 26.8. The lowest BCUT2D eigenvalue weighted by Gasteiger charge is -2.55. The molecule has 1 saturated carbocycles. The van der Waals surface area contributed by atoms with Gasteiger partial charge in [-0.25, -0.2) is 4.90 Å². The van der Waals surface area contributed by atoms with Gasteiger partial charge >= 0.3 is 0 Å². The van der Waals surface area contributed by atoms with E-state index in [0.717, 1.165) is 4.90 Å². The number of phenolic OH excluding ortho intramolecular Hbond substituents is 1. The molecule has 4 aliphatic rings. The molecule has 2 fully saturated rings. The van der Waals surface area contributed by atoms with Crippen LogP contribution in [0, 0.1) is 33.8 Å². The fourth-order valence-corrected chi connectivity index (χ4v) is 9.64. The number of hydrogen-bond acceptors (Lipinski definition) is 8. The average Bonchev–Trinajstić information content (AvgIpc) is 3.42. The van der Waals surface area contributed by atoms with Crippen LogP contribution in [0.15, 0.2) is 119 Å². The van der Waals surface area contributed by atoms with Gasteiger partial charge < -0.3 is 9.84 Å². The van der Waals surface area contributed by atoms with Crippen LogP contribution < -0.4 is 9.64 Å². The maximum atomic E-state index is 15.2. The third kappa shape index (κ3) is 4.82. The van der Waals surface area contributed by atoms with Crippen LogP contribution in [-0.2, 0) is 24.6 Å². The van der Waals surface area contributed by atoms with Gasteiger partial charge in [-0.2, -0.15) is 0 Å². The SMILES string of the molecule is COc1cc(Br)cc(C2C3=CCC4C(=O)N(c5cccc([N+](=O)[O-])c5)C(=O)C4C3CC3C(=O)C(c4ccccc4)=CC(=O)C32c2ccccc2)c1O. The second-order valence-electron chi connectivity index (χ2n) is 13.6. The fourth-order valence-electron chi connectivity index (χ4n) is 9.19. The molecule has 1 heterocycles. The molecular formula is C41H31BrN2O8. The highest BCUT2D eigenvalue weighted by Crippen LogP contribution is 2.65. The van der Waals surface area contributed by atoms with Crippen molar-refractivity contribution in [3.8, 4) is 11.5 Å². The Morgan fingerprint density at radius 3 is 2.31 bits per heavy atom. The summed E-state index contributed by atoms with van der Waals surface area (Å²) in [6.45, 7) is 0. The van der Waals surface area contributed by atoms with Crippen molar-refractivity contribution in [2.45, 2.75) is 24.2 Å². The highest BCUT2D eigenvalue weighted by molar-refractivity contribution is 9.10. The smallest absolute Gasteiger partial charge is 0.271 e. The molecule has 4 aromatic rings. The first-order chi connectivity index (χ1) is 25.1. The standard InChI is InChI=1S/C41H31BrN2O8/c1-52-33-18-24(42)17-31(38(33)47)36-27-15-16-28-35(40(49)43(39(28)48)25-13-8-14-26(19-25)44(50)51)30(27)20-32-37(46)29(22-9-4-2-5-10-22)21-34(45)41(32,36)23-11-6-3-7-12-23/h2-15,17-19,21,28,30,32,35-36,47H,16,20H2,1H3. The topological polar surface area (TPSA) is 144 Å². The number of carbonyl (C=O) groups is 4. The summed E-state index contributed by atoms with van der Waals surface area (Å²) in [5, 5.41) is 23.5. The van der Waals surface area contributed by atoms with Crippen LogP contribution in [0.1, 0.15) is 35.4 Å². The fraction of sp³-hybridized carbons (Fsp3) is 0.220. The first kappa shape index (κ1) is 33.5. The molecule has 0 bridgehead atoms. The molecule has 8 rings (SSSR count). The number of ketones is 2. The van der Waals surface area contributed by atoms with Crippen molar-refractivity contribution >= 4 is 56.3 Å². The molecule has 1 saturated heterocycles. The number of fused-ring (bicyclic) bond motifs is 4. The number of halogens is 1. The van der Waals surface area contributed by atoms with Crippen LogP contribution in [0.3, 0.4) is 0 Å². The molecule has 0 radical (unpaired) electrons. The molecule has 4 aromatic carbocycles. The summed E-state index contributed by atoms with van der Waals surface area (Å²) in [7, 11) is 1.42. The van der Waals surface area contributed by atoms with Crippen LogP contribution >= 0.6 is 15.9 Å². The minimum absolute atomic E-state index is 0.0703. The number of amides is 2. The van der Waals surface area contributed by atoms with E-state index in [2.05, 4.69) is 15.9 Å². The average molecular weight is 760 g/mol. The van der Waals surface area contributed by atoms with Gasteiger partial charge in [-0.3, -0.25) is 29.3 Å². The monoisotopic (exact) mass is 758 g/mol. The Morgan fingerprint density at radius 1 is 0.904 bits per heavy atom. The molecule has 6 atom stereocenters. The molecule has 2 amide bonds. The van der Waals surface area contributed by atoms with E-state index in [1.165, 1.54) is 37.5 Å².